The van der Waals surface area contributed by atoms with Crippen LogP contribution in [0.1, 0.15) is 6.42 Å². The summed E-state index contributed by atoms with van der Waals surface area (Å²) in [5.74, 6) is -2.66. The fraction of sp³-hybridized carbons (Fsp3) is 0.714. The van der Waals surface area contributed by atoms with Gasteiger partial charge in [0.25, 0.3) is 0 Å². The van der Waals surface area contributed by atoms with Crippen molar-refractivity contribution in [1.82, 2.24) is 5.32 Å². The van der Waals surface area contributed by atoms with Crippen LogP contribution in [0.5, 0.6) is 0 Å². The van der Waals surface area contributed by atoms with Gasteiger partial charge in [0.1, 0.15) is 5.60 Å². The molecule has 3 N–H and O–H groups in total. The van der Waals surface area contributed by atoms with E-state index in [4.69, 9.17) is 9.84 Å². The summed E-state index contributed by atoms with van der Waals surface area (Å²) < 4.78 is 4.90. The number of aliphatic hydroxyl groups is 1. The van der Waals surface area contributed by atoms with Crippen LogP contribution in [0.3, 0.4) is 0 Å². The maximum absolute atomic E-state index is 10.6. The molecular formula is C7H11NO5. The number of ether oxygens (including phenoxy) is 1. The summed E-state index contributed by atoms with van der Waals surface area (Å²) in [6, 6.07) is 0. The first-order valence-electron chi connectivity index (χ1n) is 3.85. The van der Waals surface area contributed by atoms with Crippen molar-refractivity contribution in [1.29, 1.82) is 0 Å². The van der Waals surface area contributed by atoms with Gasteiger partial charge in [0.05, 0.1) is 6.61 Å². The Morgan fingerprint density at radius 3 is 2.69 bits per heavy atom. The molecule has 6 heteroatoms. The Hall–Kier alpha value is -1.14. The lowest BCUT2D eigenvalue weighted by atomic mass is 10.0. The molecule has 1 aliphatic heterocycles. The summed E-state index contributed by atoms with van der Waals surface area (Å²) in [6.45, 7) is 0.477. The standard InChI is InChI=1S/C7H11NO5/c9-5(6(10)11)8-3-7(12)1-2-13-4-7/h12H,1-4H2,(H,8,9)(H,10,11). The Bertz CT molecular complexity index is 221. The van der Waals surface area contributed by atoms with Crippen LogP contribution in [-0.2, 0) is 14.3 Å². The molecule has 0 aromatic rings. The van der Waals surface area contributed by atoms with Gasteiger partial charge in [0.2, 0.25) is 0 Å². The largest absolute Gasteiger partial charge is 0.474 e. The minimum atomic E-state index is -1.55. The molecule has 6 nitrogen and oxygen atoms in total. The molecule has 0 aliphatic carbocycles. The lowest BCUT2D eigenvalue weighted by molar-refractivity contribution is -0.150. The first-order valence-corrected chi connectivity index (χ1v) is 3.85. The Morgan fingerprint density at radius 1 is 1.54 bits per heavy atom. The number of aliphatic carboxylic acids is 1. The van der Waals surface area contributed by atoms with Crippen molar-refractivity contribution < 1.29 is 24.5 Å². The van der Waals surface area contributed by atoms with E-state index < -0.39 is 17.5 Å². The van der Waals surface area contributed by atoms with Crippen molar-refractivity contribution in [2.24, 2.45) is 0 Å². The molecular weight excluding hydrogens is 178 g/mol. The van der Waals surface area contributed by atoms with E-state index in [1.54, 1.807) is 0 Å². The molecule has 1 atom stereocenters. The lowest BCUT2D eigenvalue weighted by Gasteiger charge is -2.19. The Labute approximate surface area is 74.5 Å². The van der Waals surface area contributed by atoms with Crippen molar-refractivity contribution in [2.45, 2.75) is 12.0 Å². The number of carbonyl (C=O) groups excluding carboxylic acids is 1. The molecule has 0 aromatic carbocycles. The quantitative estimate of drug-likeness (QED) is 0.452. The number of rotatable bonds is 2. The average Bonchev–Trinajstić information content (AvgIpc) is 2.48. The van der Waals surface area contributed by atoms with Gasteiger partial charge < -0.3 is 20.3 Å². The second-order valence-corrected chi connectivity index (χ2v) is 3.01. The number of nitrogens with one attached hydrogen (secondary N) is 1. The van der Waals surface area contributed by atoms with Crippen LogP contribution in [0, 0.1) is 0 Å². The van der Waals surface area contributed by atoms with Crippen molar-refractivity contribution in [3.8, 4) is 0 Å². The average molecular weight is 189 g/mol. The number of carboxylic acids is 1. The molecule has 0 saturated carbocycles. The minimum Gasteiger partial charge on any atom is -0.474 e. The third-order valence-corrected chi connectivity index (χ3v) is 1.85. The van der Waals surface area contributed by atoms with Gasteiger partial charge in [-0.05, 0) is 0 Å². The predicted molar refractivity (Wildman–Crippen MR) is 41.0 cm³/mol. The van der Waals surface area contributed by atoms with Crippen molar-refractivity contribution in [3.05, 3.63) is 0 Å². The van der Waals surface area contributed by atoms with Gasteiger partial charge in [-0.1, -0.05) is 0 Å². The summed E-state index contributed by atoms with van der Waals surface area (Å²) in [6.07, 6.45) is 0.410. The molecule has 1 aliphatic rings. The van der Waals surface area contributed by atoms with Crippen LogP contribution in [0.4, 0.5) is 0 Å². The summed E-state index contributed by atoms with van der Waals surface area (Å²) in [7, 11) is 0. The zero-order chi connectivity index (χ0) is 9.90. The predicted octanol–water partition coefficient (Wildman–Crippen LogP) is -1.66. The summed E-state index contributed by atoms with van der Waals surface area (Å²) in [4.78, 5) is 20.7. The highest BCUT2D eigenvalue weighted by molar-refractivity contribution is 6.31. The van der Waals surface area contributed by atoms with E-state index in [-0.39, 0.29) is 13.2 Å². The Morgan fingerprint density at radius 2 is 2.23 bits per heavy atom. The SMILES string of the molecule is O=C(O)C(=O)NCC1(O)CCOC1. The summed E-state index contributed by atoms with van der Waals surface area (Å²) in [5.41, 5.74) is -1.11. The molecule has 1 fully saturated rings. The molecule has 0 radical (unpaired) electrons. The van der Waals surface area contributed by atoms with E-state index >= 15 is 0 Å². The molecule has 1 heterocycles. The zero-order valence-corrected chi connectivity index (χ0v) is 6.95. The van der Waals surface area contributed by atoms with E-state index in [1.807, 2.05) is 0 Å². The number of carbonyl (C=O) groups is 2. The maximum Gasteiger partial charge on any atom is 0.394 e. The van der Waals surface area contributed by atoms with Gasteiger partial charge in [0.15, 0.2) is 0 Å². The number of hydrogen-bond donors (Lipinski definition) is 3. The Kier molecular flexibility index (Phi) is 2.84. The lowest BCUT2D eigenvalue weighted by Crippen LogP contribution is -2.45. The van der Waals surface area contributed by atoms with E-state index in [0.717, 1.165) is 0 Å². The highest BCUT2D eigenvalue weighted by atomic mass is 16.5. The van der Waals surface area contributed by atoms with Crippen molar-refractivity contribution in [2.75, 3.05) is 19.8 Å². The zero-order valence-electron chi connectivity index (χ0n) is 6.95. The molecule has 13 heavy (non-hydrogen) atoms. The molecule has 0 aromatic heterocycles. The smallest absolute Gasteiger partial charge is 0.394 e. The van der Waals surface area contributed by atoms with E-state index in [2.05, 4.69) is 5.32 Å². The molecule has 1 amide bonds. The third-order valence-electron chi connectivity index (χ3n) is 1.85. The van der Waals surface area contributed by atoms with Crippen LogP contribution in [0.15, 0.2) is 0 Å². The number of carboxylic acid groups (broad SMARTS) is 1. The van der Waals surface area contributed by atoms with E-state index in [0.29, 0.717) is 13.0 Å². The highest BCUT2D eigenvalue weighted by Gasteiger charge is 2.33. The van der Waals surface area contributed by atoms with Gasteiger partial charge >= 0.3 is 11.9 Å². The highest BCUT2D eigenvalue weighted by Crippen LogP contribution is 2.16. The number of amides is 1. The molecule has 1 rings (SSSR count). The fourth-order valence-electron chi connectivity index (χ4n) is 1.06. The first kappa shape index (κ1) is 9.94. The summed E-state index contributed by atoms with van der Waals surface area (Å²) in [5, 5.41) is 19.9. The molecule has 1 saturated heterocycles. The topological polar surface area (TPSA) is 95.9 Å². The molecule has 0 spiro atoms. The Balaban J connectivity index is 2.33. The minimum absolute atomic E-state index is 0.0852. The van der Waals surface area contributed by atoms with E-state index in [9.17, 15) is 14.7 Å². The van der Waals surface area contributed by atoms with Crippen LogP contribution >= 0.6 is 0 Å². The second kappa shape index (κ2) is 3.71. The van der Waals surface area contributed by atoms with Crippen molar-refractivity contribution in [3.63, 3.8) is 0 Å². The van der Waals surface area contributed by atoms with Gasteiger partial charge in [-0.15, -0.1) is 0 Å². The molecule has 1 unspecified atom stereocenters. The maximum atomic E-state index is 10.6. The van der Waals surface area contributed by atoms with Crippen LogP contribution in [0.25, 0.3) is 0 Å². The molecule has 74 valence electrons. The monoisotopic (exact) mass is 189 g/mol. The molecule has 0 bridgehead atoms. The van der Waals surface area contributed by atoms with Gasteiger partial charge in [-0.2, -0.15) is 0 Å². The van der Waals surface area contributed by atoms with Gasteiger partial charge in [-0.3, -0.25) is 4.79 Å². The van der Waals surface area contributed by atoms with Gasteiger partial charge in [-0.25, -0.2) is 4.79 Å². The van der Waals surface area contributed by atoms with Crippen LogP contribution < -0.4 is 5.32 Å². The third kappa shape index (κ3) is 2.67. The van der Waals surface area contributed by atoms with E-state index in [1.165, 1.54) is 0 Å². The fourth-order valence-corrected chi connectivity index (χ4v) is 1.06. The number of hydrogen-bond acceptors (Lipinski definition) is 4. The normalized spacial score (nSPS) is 27.2. The van der Waals surface area contributed by atoms with Gasteiger partial charge in [0, 0.05) is 19.6 Å². The van der Waals surface area contributed by atoms with Crippen LogP contribution in [0.2, 0.25) is 0 Å². The summed E-state index contributed by atoms with van der Waals surface area (Å²) >= 11 is 0. The first-order chi connectivity index (χ1) is 6.03. The van der Waals surface area contributed by atoms with Crippen LogP contribution in [-0.4, -0.2) is 47.4 Å². The second-order valence-electron chi connectivity index (χ2n) is 3.01. The van der Waals surface area contributed by atoms with Crippen molar-refractivity contribution >= 4 is 11.9 Å².